The number of nitrogens with one attached hydrogen (secondary N) is 1. The smallest absolute Gasteiger partial charge is 0.120 e. The molecule has 0 heterocycles. The first kappa shape index (κ1) is 17.0. The molecule has 1 aromatic carbocycles. The molecule has 3 nitrogen and oxygen atoms in total. The summed E-state index contributed by atoms with van der Waals surface area (Å²) in [6, 6.07) is 8.44. The van der Waals surface area contributed by atoms with E-state index < -0.39 is 0 Å². The van der Waals surface area contributed by atoms with Crippen LogP contribution in [0.4, 0.5) is 0 Å². The molecule has 0 saturated heterocycles. The van der Waals surface area contributed by atoms with E-state index in [1.807, 2.05) is 26.0 Å². The van der Waals surface area contributed by atoms with Gasteiger partial charge in [-0.15, -0.1) is 0 Å². The highest BCUT2D eigenvalue weighted by Gasteiger charge is 2.17. The second kappa shape index (κ2) is 7.65. The van der Waals surface area contributed by atoms with Crippen molar-refractivity contribution in [3.63, 3.8) is 0 Å². The Morgan fingerprint density at radius 2 is 1.90 bits per heavy atom. The molecule has 3 heteroatoms. The second-order valence-electron chi connectivity index (χ2n) is 6.27. The minimum absolute atomic E-state index is 0.125. The van der Waals surface area contributed by atoms with Crippen molar-refractivity contribution in [2.24, 2.45) is 0 Å². The lowest BCUT2D eigenvalue weighted by atomic mass is 10.1. The molecule has 0 aliphatic carbocycles. The molecule has 0 bridgehead atoms. The summed E-state index contributed by atoms with van der Waals surface area (Å²) in [5.41, 5.74) is 1.08. The number of hydrogen-bond donors (Lipinski definition) is 1. The van der Waals surface area contributed by atoms with E-state index in [4.69, 9.17) is 9.47 Å². The van der Waals surface area contributed by atoms with Gasteiger partial charge in [-0.25, -0.2) is 0 Å². The lowest BCUT2D eigenvalue weighted by Crippen LogP contribution is -2.30. The molecular formula is C17H29NO2. The first-order valence-electron chi connectivity index (χ1n) is 7.45. The van der Waals surface area contributed by atoms with E-state index >= 15 is 0 Å². The van der Waals surface area contributed by atoms with Gasteiger partial charge in [0.05, 0.1) is 24.4 Å². The molecule has 114 valence electrons. The highest BCUT2D eigenvalue weighted by Crippen LogP contribution is 2.22. The van der Waals surface area contributed by atoms with Gasteiger partial charge in [-0.3, -0.25) is 0 Å². The van der Waals surface area contributed by atoms with Crippen LogP contribution in [0.3, 0.4) is 0 Å². The zero-order valence-electron chi connectivity index (χ0n) is 13.7. The zero-order chi connectivity index (χ0) is 15.2. The van der Waals surface area contributed by atoms with E-state index in [2.05, 4.69) is 45.1 Å². The van der Waals surface area contributed by atoms with Crippen LogP contribution >= 0.6 is 0 Å². The van der Waals surface area contributed by atoms with Crippen molar-refractivity contribution in [3.05, 3.63) is 29.8 Å². The molecular weight excluding hydrogens is 250 g/mol. The van der Waals surface area contributed by atoms with Crippen LogP contribution in [0, 0.1) is 0 Å². The third-order valence-electron chi connectivity index (χ3n) is 2.77. The lowest BCUT2D eigenvalue weighted by molar-refractivity contribution is -0.0146. The normalized spacial score (nSPS) is 13.6. The fourth-order valence-electron chi connectivity index (χ4n) is 1.93. The highest BCUT2D eigenvalue weighted by atomic mass is 16.5. The Bertz CT molecular complexity index is 396. The predicted molar refractivity (Wildman–Crippen MR) is 84.3 cm³/mol. The topological polar surface area (TPSA) is 30.5 Å². The van der Waals surface area contributed by atoms with Gasteiger partial charge in [0.25, 0.3) is 0 Å². The Hall–Kier alpha value is -1.06. The van der Waals surface area contributed by atoms with Crippen LogP contribution in [0.1, 0.15) is 53.1 Å². The summed E-state index contributed by atoms with van der Waals surface area (Å²) in [6.45, 7) is 14.0. The van der Waals surface area contributed by atoms with Gasteiger partial charge in [-0.1, -0.05) is 19.1 Å². The van der Waals surface area contributed by atoms with Gasteiger partial charge in [0.15, 0.2) is 0 Å². The first-order chi connectivity index (χ1) is 9.31. The number of benzene rings is 1. The monoisotopic (exact) mass is 279 g/mol. The van der Waals surface area contributed by atoms with Gasteiger partial charge in [-0.05, 0) is 58.9 Å². The van der Waals surface area contributed by atoms with Gasteiger partial charge in [0.2, 0.25) is 0 Å². The molecule has 0 saturated carbocycles. The van der Waals surface area contributed by atoms with Gasteiger partial charge in [-0.2, -0.15) is 0 Å². The molecule has 0 aliphatic rings. The molecule has 1 unspecified atom stereocenters. The SMILES string of the molecule is CCNC(COC(C)(C)C)c1cccc(OC(C)C)c1. The molecule has 0 radical (unpaired) electrons. The number of rotatable bonds is 7. The molecule has 0 spiro atoms. The fourth-order valence-corrected chi connectivity index (χ4v) is 1.93. The maximum atomic E-state index is 5.92. The minimum Gasteiger partial charge on any atom is -0.491 e. The van der Waals surface area contributed by atoms with E-state index in [0.29, 0.717) is 6.61 Å². The van der Waals surface area contributed by atoms with Crippen molar-refractivity contribution in [3.8, 4) is 5.75 Å². The van der Waals surface area contributed by atoms with E-state index in [1.165, 1.54) is 5.56 Å². The van der Waals surface area contributed by atoms with Gasteiger partial charge in [0, 0.05) is 0 Å². The Morgan fingerprint density at radius 1 is 1.20 bits per heavy atom. The molecule has 1 aromatic rings. The predicted octanol–water partition coefficient (Wildman–Crippen LogP) is 3.94. The van der Waals surface area contributed by atoms with Crippen molar-refractivity contribution in [1.82, 2.24) is 5.32 Å². The van der Waals surface area contributed by atoms with Crippen LogP contribution < -0.4 is 10.1 Å². The average Bonchev–Trinajstić information content (AvgIpc) is 2.33. The Labute approximate surface area is 123 Å². The van der Waals surface area contributed by atoms with Crippen molar-refractivity contribution < 1.29 is 9.47 Å². The van der Waals surface area contributed by atoms with E-state index in [0.717, 1.165) is 12.3 Å². The number of ether oxygens (including phenoxy) is 2. The molecule has 0 fully saturated rings. The quantitative estimate of drug-likeness (QED) is 0.820. The van der Waals surface area contributed by atoms with Crippen molar-refractivity contribution >= 4 is 0 Å². The van der Waals surface area contributed by atoms with E-state index in [-0.39, 0.29) is 17.7 Å². The molecule has 0 aliphatic heterocycles. The zero-order valence-corrected chi connectivity index (χ0v) is 13.7. The number of likely N-dealkylation sites (N-methyl/N-ethyl adjacent to an activating group) is 1. The summed E-state index contributed by atoms with van der Waals surface area (Å²) < 4.78 is 11.7. The summed E-state index contributed by atoms with van der Waals surface area (Å²) in [4.78, 5) is 0. The third-order valence-corrected chi connectivity index (χ3v) is 2.77. The molecule has 0 amide bonds. The summed E-state index contributed by atoms with van der Waals surface area (Å²) in [7, 11) is 0. The second-order valence-corrected chi connectivity index (χ2v) is 6.27. The average molecular weight is 279 g/mol. The Balaban J connectivity index is 2.80. The van der Waals surface area contributed by atoms with E-state index in [9.17, 15) is 0 Å². The molecule has 0 aromatic heterocycles. The molecule has 1 N–H and O–H groups in total. The maximum Gasteiger partial charge on any atom is 0.120 e. The van der Waals surface area contributed by atoms with E-state index in [1.54, 1.807) is 0 Å². The van der Waals surface area contributed by atoms with Crippen LogP contribution in [0.15, 0.2) is 24.3 Å². The van der Waals surface area contributed by atoms with Crippen LogP contribution in [0.2, 0.25) is 0 Å². The summed E-state index contributed by atoms with van der Waals surface area (Å²) in [6.07, 6.45) is 0.189. The van der Waals surface area contributed by atoms with Crippen molar-refractivity contribution in [2.75, 3.05) is 13.2 Å². The largest absolute Gasteiger partial charge is 0.491 e. The molecule has 1 atom stereocenters. The van der Waals surface area contributed by atoms with Gasteiger partial charge >= 0.3 is 0 Å². The van der Waals surface area contributed by atoms with Crippen LogP contribution in [-0.2, 0) is 4.74 Å². The first-order valence-corrected chi connectivity index (χ1v) is 7.45. The van der Waals surface area contributed by atoms with Crippen LogP contribution in [-0.4, -0.2) is 24.9 Å². The number of hydrogen-bond acceptors (Lipinski definition) is 3. The molecule has 1 rings (SSSR count). The van der Waals surface area contributed by atoms with Gasteiger partial charge in [0.1, 0.15) is 5.75 Å². The standard InChI is InChI=1S/C17H29NO2/c1-7-18-16(12-19-17(4,5)6)14-9-8-10-15(11-14)20-13(2)3/h8-11,13,16,18H,7,12H2,1-6H3. The van der Waals surface area contributed by atoms with Crippen LogP contribution in [0.5, 0.6) is 5.75 Å². The van der Waals surface area contributed by atoms with Crippen molar-refractivity contribution in [1.29, 1.82) is 0 Å². The highest BCUT2D eigenvalue weighted by molar-refractivity contribution is 5.30. The lowest BCUT2D eigenvalue weighted by Gasteiger charge is -2.25. The van der Waals surface area contributed by atoms with Gasteiger partial charge < -0.3 is 14.8 Å². The van der Waals surface area contributed by atoms with Crippen molar-refractivity contribution in [2.45, 2.75) is 59.3 Å². The minimum atomic E-state index is -0.125. The summed E-state index contributed by atoms with van der Waals surface area (Å²) >= 11 is 0. The molecule has 20 heavy (non-hydrogen) atoms. The summed E-state index contributed by atoms with van der Waals surface area (Å²) in [5, 5.41) is 3.47. The Kier molecular flexibility index (Phi) is 6.50. The summed E-state index contributed by atoms with van der Waals surface area (Å²) in [5.74, 6) is 0.913. The third kappa shape index (κ3) is 6.40. The Morgan fingerprint density at radius 3 is 2.45 bits per heavy atom. The maximum absolute atomic E-state index is 5.92. The fraction of sp³-hybridized carbons (Fsp3) is 0.647. The van der Waals surface area contributed by atoms with Crippen LogP contribution in [0.25, 0.3) is 0 Å².